The van der Waals surface area contributed by atoms with Crippen LogP contribution in [0.2, 0.25) is 0 Å². The molecule has 0 fully saturated rings. The van der Waals surface area contributed by atoms with E-state index in [9.17, 15) is 0 Å². The maximum Gasteiger partial charge on any atom is 0.212 e. The topological polar surface area (TPSA) is 53.6 Å². The van der Waals surface area contributed by atoms with Gasteiger partial charge in [0.15, 0.2) is 0 Å². The summed E-state index contributed by atoms with van der Waals surface area (Å²) in [6.45, 7) is 0. The van der Waals surface area contributed by atoms with Gasteiger partial charge in [-0.1, -0.05) is 0 Å². The molecule has 4 heteroatoms. The van der Waals surface area contributed by atoms with E-state index in [0.717, 1.165) is 0 Å². The first-order chi connectivity index (χ1) is 3.79. The normalized spacial score (nSPS) is 17.6. The molecule has 0 atom stereocenters. The van der Waals surface area contributed by atoms with E-state index in [1.807, 2.05) is 7.05 Å². The van der Waals surface area contributed by atoms with E-state index in [1.54, 1.807) is 17.4 Å². The van der Waals surface area contributed by atoms with Crippen molar-refractivity contribution in [3.05, 3.63) is 12.4 Å². The van der Waals surface area contributed by atoms with Crippen LogP contribution >= 0.6 is 0 Å². The van der Waals surface area contributed by atoms with Gasteiger partial charge in [0, 0.05) is 19.4 Å². The molecule has 0 aromatic carbocycles. The summed E-state index contributed by atoms with van der Waals surface area (Å²) < 4.78 is 0. The van der Waals surface area contributed by atoms with Crippen molar-refractivity contribution in [3.63, 3.8) is 0 Å². The predicted octanol–water partition coefficient (Wildman–Crippen LogP) is -0.778. The van der Waals surface area contributed by atoms with E-state index < -0.39 is 0 Å². The fourth-order valence-electron chi connectivity index (χ4n) is 0.460. The number of guanidine groups is 1. The highest BCUT2D eigenvalue weighted by Crippen LogP contribution is 1.84. The lowest BCUT2D eigenvalue weighted by atomic mass is 10.8. The molecule has 3 N–H and O–H groups in total. The van der Waals surface area contributed by atoms with Gasteiger partial charge in [-0.3, -0.25) is 10.4 Å². The van der Waals surface area contributed by atoms with Gasteiger partial charge in [-0.25, -0.2) is 4.99 Å². The van der Waals surface area contributed by atoms with Crippen molar-refractivity contribution in [1.29, 1.82) is 0 Å². The summed E-state index contributed by atoms with van der Waals surface area (Å²) in [5, 5.41) is 1.72. The van der Waals surface area contributed by atoms with Crippen LogP contribution in [0.4, 0.5) is 0 Å². The molecule has 0 aromatic heterocycles. The highest BCUT2D eigenvalue weighted by Gasteiger charge is 1.94. The molecule has 44 valence electrons. The van der Waals surface area contributed by atoms with E-state index in [2.05, 4.69) is 10.4 Å². The van der Waals surface area contributed by atoms with Crippen molar-refractivity contribution in [2.45, 2.75) is 0 Å². The molecule has 1 aliphatic heterocycles. The van der Waals surface area contributed by atoms with Crippen molar-refractivity contribution in [2.75, 3.05) is 7.05 Å². The molecule has 0 saturated heterocycles. The number of hydrogen-bond donors (Lipinski definition) is 2. The largest absolute Gasteiger partial charge is 0.368 e. The predicted molar refractivity (Wildman–Crippen MR) is 31.7 cm³/mol. The van der Waals surface area contributed by atoms with Crippen LogP contribution in [0, 0.1) is 0 Å². The van der Waals surface area contributed by atoms with E-state index in [1.165, 1.54) is 0 Å². The number of nitrogens with zero attached hydrogens (tertiary/aromatic N) is 2. The lowest BCUT2D eigenvalue weighted by molar-refractivity contribution is 0.399. The quantitative estimate of drug-likeness (QED) is 0.432. The van der Waals surface area contributed by atoms with Crippen LogP contribution in [0.15, 0.2) is 17.4 Å². The van der Waals surface area contributed by atoms with Gasteiger partial charge in [0.05, 0.1) is 0 Å². The van der Waals surface area contributed by atoms with E-state index in [0.29, 0.717) is 5.96 Å². The average Bonchev–Trinajstić information content (AvgIpc) is 1.64. The average molecular weight is 112 g/mol. The zero-order valence-corrected chi connectivity index (χ0v) is 4.63. The van der Waals surface area contributed by atoms with E-state index >= 15 is 0 Å². The molecule has 0 amide bonds. The summed E-state index contributed by atoms with van der Waals surface area (Å²) in [6.07, 6.45) is 3.40. The molecule has 1 rings (SSSR count). The Morgan fingerprint density at radius 1 is 1.88 bits per heavy atom. The Balaban J connectivity index is 2.59. The number of rotatable bonds is 0. The van der Waals surface area contributed by atoms with Crippen LogP contribution in [0.1, 0.15) is 0 Å². The summed E-state index contributed by atoms with van der Waals surface area (Å²) in [7, 11) is 1.85. The van der Waals surface area contributed by atoms with Gasteiger partial charge in [0.2, 0.25) is 5.96 Å². The minimum atomic E-state index is 0.426. The lowest BCUT2D eigenvalue weighted by Crippen LogP contribution is -2.42. The number of hydrogen-bond acceptors (Lipinski definition) is 4. The van der Waals surface area contributed by atoms with Gasteiger partial charge in [0.25, 0.3) is 0 Å². The van der Waals surface area contributed by atoms with Crippen LogP contribution < -0.4 is 11.2 Å². The maximum absolute atomic E-state index is 5.27. The molecule has 0 unspecified atom stereocenters. The Morgan fingerprint density at radius 2 is 2.62 bits per heavy atom. The van der Waals surface area contributed by atoms with Crippen molar-refractivity contribution in [1.82, 2.24) is 10.4 Å². The number of nitrogens with two attached hydrogens (primary N) is 1. The smallest absolute Gasteiger partial charge is 0.212 e. The van der Waals surface area contributed by atoms with Crippen molar-refractivity contribution >= 4 is 5.96 Å². The molecule has 8 heavy (non-hydrogen) atoms. The van der Waals surface area contributed by atoms with Crippen LogP contribution in [-0.4, -0.2) is 18.0 Å². The molecule has 0 spiro atoms. The highest BCUT2D eigenvalue weighted by atomic mass is 15.5. The van der Waals surface area contributed by atoms with Gasteiger partial charge in [0.1, 0.15) is 0 Å². The van der Waals surface area contributed by atoms with Crippen molar-refractivity contribution in [3.8, 4) is 0 Å². The van der Waals surface area contributed by atoms with Crippen molar-refractivity contribution in [2.24, 2.45) is 10.7 Å². The second kappa shape index (κ2) is 1.73. The van der Waals surface area contributed by atoms with Gasteiger partial charge < -0.3 is 5.73 Å². The first-order valence-electron chi connectivity index (χ1n) is 2.28. The monoisotopic (exact) mass is 112 g/mol. The SMILES string of the molecule is CN1C=CN=C(N)N1. The fourth-order valence-corrected chi connectivity index (χ4v) is 0.460. The van der Waals surface area contributed by atoms with Gasteiger partial charge in [-0.05, 0) is 0 Å². The standard InChI is InChI=1S/C4H8N4/c1-8-3-2-6-4(5)7-8/h2-3H,1H3,(H3,5,6,7). The molecule has 0 aliphatic carbocycles. The second-order valence-electron chi connectivity index (χ2n) is 1.54. The Morgan fingerprint density at radius 3 is 3.00 bits per heavy atom. The fraction of sp³-hybridized carbons (Fsp3) is 0.250. The first kappa shape index (κ1) is 4.96. The zero-order chi connectivity index (χ0) is 5.98. The van der Waals surface area contributed by atoms with Gasteiger partial charge in [-0.15, -0.1) is 0 Å². The van der Waals surface area contributed by atoms with Gasteiger partial charge >= 0.3 is 0 Å². The Kier molecular flexibility index (Phi) is 1.07. The van der Waals surface area contributed by atoms with Crippen LogP contribution in [0.25, 0.3) is 0 Å². The Hall–Kier alpha value is -1.19. The third-order valence-electron chi connectivity index (χ3n) is 0.795. The number of aliphatic imine (C=N–C) groups is 1. The number of hydrazine groups is 1. The Labute approximate surface area is 47.7 Å². The first-order valence-corrected chi connectivity index (χ1v) is 2.28. The molecule has 0 bridgehead atoms. The summed E-state index contributed by atoms with van der Waals surface area (Å²) in [6, 6.07) is 0. The summed E-state index contributed by atoms with van der Waals surface area (Å²) in [5.74, 6) is 0.426. The molecule has 0 saturated carbocycles. The Bertz CT molecular complexity index is 137. The molecule has 0 radical (unpaired) electrons. The summed E-state index contributed by atoms with van der Waals surface area (Å²) >= 11 is 0. The molecule has 1 heterocycles. The van der Waals surface area contributed by atoms with E-state index in [4.69, 9.17) is 5.73 Å². The molecular formula is C4H8N4. The van der Waals surface area contributed by atoms with Gasteiger partial charge in [-0.2, -0.15) is 0 Å². The van der Waals surface area contributed by atoms with Crippen LogP contribution in [0.3, 0.4) is 0 Å². The molecular weight excluding hydrogens is 104 g/mol. The molecule has 4 nitrogen and oxygen atoms in total. The minimum absolute atomic E-state index is 0.426. The minimum Gasteiger partial charge on any atom is -0.368 e. The highest BCUT2D eigenvalue weighted by molar-refractivity contribution is 5.78. The molecule has 1 aliphatic rings. The molecule has 0 aromatic rings. The van der Waals surface area contributed by atoms with E-state index in [-0.39, 0.29) is 0 Å². The van der Waals surface area contributed by atoms with Crippen molar-refractivity contribution < 1.29 is 0 Å². The summed E-state index contributed by atoms with van der Waals surface area (Å²) in [5.41, 5.74) is 8.02. The zero-order valence-electron chi connectivity index (χ0n) is 4.63. The maximum atomic E-state index is 5.27. The summed E-state index contributed by atoms with van der Waals surface area (Å²) in [4.78, 5) is 3.74. The third-order valence-corrected chi connectivity index (χ3v) is 0.795. The lowest BCUT2D eigenvalue weighted by Gasteiger charge is -2.17. The number of nitrogens with one attached hydrogen (secondary N) is 1. The second-order valence-corrected chi connectivity index (χ2v) is 1.54. The van der Waals surface area contributed by atoms with Crippen LogP contribution in [-0.2, 0) is 0 Å². The van der Waals surface area contributed by atoms with Crippen LogP contribution in [0.5, 0.6) is 0 Å². The third kappa shape index (κ3) is 0.900.